The molecule has 0 amide bonds. The molecule has 0 aliphatic rings. The molecule has 1 heterocycles. The molecule has 75 heavy (non-hydrogen) atoms. The van der Waals surface area contributed by atoms with Crippen molar-refractivity contribution >= 4 is 73.5 Å². The minimum atomic E-state index is -0.564. The monoisotopic (exact) mass is 1020 g/mol. The van der Waals surface area contributed by atoms with E-state index in [2.05, 4.69) is 19.7 Å². The molecule has 6 aromatic carbocycles. The first kappa shape index (κ1) is 54.2. The zero-order chi connectivity index (χ0) is 52.8. The van der Waals surface area contributed by atoms with Gasteiger partial charge in [-0.25, -0.2) is 33.9 Å². The molecule has 0 radical (unpaired) electrons. The van der Waals surface area contributed by atoms with Gasteiger partial charge in [0.15, 0.2) is 0 Å². The summed E-state index contributed by atoms with van der Waals surface area (Å²) in [6.07, 6.45) is 10.2. The Morgan fingerprint density at radius 1 is 0.373 bits per heavy atom. The molecule has 0 aliphatic carbocycles. The SMILES string of the molecule is C=CC(=O)OCCCCCCOc1ccc(C(=O)Oc2ccc3c4ccc(OC(=O)c5ccc(OCCCCCCOC(=O)C=C)cc5)cc4c4nc5cc(OCCOCCOC(=O)C=C)ccc5nc4c3c2)cc1. The number of carbonyl (C=O) groups is 5. The van der Waals surface area contributed by atoms with Gasteiger partial charge in [-0.3, -0.25) is 0 Å². The summed E-state index contributed by atoms with van der Waals surface area (Å²) in [5, 5.41) is 2.92. The highest BCUT2D eigenvalue weighted by molar-refractivity contribution is 6.24. The fourth-order valence-corrected chi connectivity index (χ4v) is 7.78. The quantitative estimate of drug-likeness (QED) is 0.00784. The van der Waals surface area contributed by atoms with Crippen molar-refractivity contribution in [1.29, 1.82) is 0 Å². The second-order valence-corrected chi connectivity index (χ2v) is 16.9. The van der Waals surface area contributed by atoms with Gasteiger partial charge in [0.2, 0.25) is 0 Å². The molecule has 7 aromatic rings. The van der Waals surface area contributed by atoms with Crippen molar-refractivity contribution in [1.82, 2.24) is 9.97 Å². The Morgan fingerprint density at radius 3 is 1.25 bits per heavy atom. The summed E-state index contributed by atoms with van der Waals surface area (Å²) < 4.78 is 50.1. The Labute approximate surface area is 433 Å². The number of nitrogens with zero attached hydrogens (tertiary/aromatic N) is 2. The summed E-state index contributed by atoms with van der Waals surface area (Å²) in [5.74, 6) is -0.142. The maximum absolute atomic E-state index is 13.5. The second-order valence-electron chi connectivity index (χ2n) is 16.9. The highest BCUT2D eigenvalue weighted by Gasteiger charge is 2.18. The lowest BCUT2D eigenvalue weighted by molar-refractivity contribution is -0.139. The van der Waals surface area contributed by atoms with Crippen molar-refractivity contribution in [3.8, 4) is 28.7 Å². The van der Waals surface area contributed by atoms with Gasteiger partial charge < -0.3 is 42.6 Å². The fourth-order valence-electron chi connectivity index (χ4n) is 7.78. The summed E-state index contributed by atoms with van der Waals surface area (Å²) in [7, 11) is 0. The van der Waals surface area contributed by atoms with Crippen molar-refractivity contribution in [2.45, 2.75) is 51.4 Å². The third kappa shape index (κ3) is 15.9. The summed E-state index contributed by atoms with van der Waals surface area (Å²) in [6, 6.07) is 29.5. The Hall–Kier alpha value is -8.63. The van der Waals surface area contributed by atoms with Crippen LogP contribution in [0.5, 0.6) is 28.7 Å². The van der Waals surface area contributed by atoms with E-state index in [9.17, 15) is 24.0 Å². The third-order valence-corrected chi connectivity index (χ3v) is 11.6. The van der Waals surface area contributed by atoms with Crippen LogP contribution in [0.3, 0.4) is 0 Å². The van der Waals surface area contributed by atoms with Gasteiger partial charge in [-0.2, -0.15) is 0 Å². The molecular weight excluding hydrogens is 961 g/mol. The number of hydrogen-bond acceptors (Lipinski definition) is 16. The van der Waals surface area contributed by atoms with Gasteiger partial charge >= 0.3 is 29.8 Å². The number of hydrogen-bond donors (Lipinski definition) is 0. The molecule has 0 saturated heterocycles. The molecule has 0 saturated carbocycles. The van der Waals surface area contributed by atoms with Crippen LogP contribution in [0.25, 0.3) is 43.6 Å². The standard InChI is InChI=1S/C59H58N2O14/c1-4-53(62)71-31-13-9-7-11-29-68-42-19-15-40(16-20-42)58(65)74-45-23-26-47-48-27-24-46(75-59(66)41-17-21-43(22-18-41)69-30-12-8-10-14-32-72-54(63)5-2)38-50(48)57-56(49(47)37-45)60-51-28-25-44(39-52(51)61-57)70-35-33-67-34-36-73-55(64)6-3/h4-6,15-28,37-39H,1-3,7-14,29-36H2. The molecule has 0 N–H and O–H groups in total. The van der Waals surface area contributed by atoms with Crippen molar-refractivity contribution in [3.05, 3.63) is 152 Å². The zero-order valence-corrected chi connectivity index (χ0v) is 41.6. The number of benzene rings is 6. The molecule has 0 spiro atoms. The molecular formula is C59H58N2O14. The number of rotatable bonds is 30. The first-order valence-corrected chi connectivity index (χ1v) is 24.7. The van der Waals surface area contributed by atoms with Crippen LogP contribution >= 0.6 is 0 Å². The lowest BCUT2D eigenvalue weighted by Crippen LogP contribution is -2.12. The lowest BCUT2D eigenvalue weighted by atomic mass is 9.98. The Balaban J connectivity index is 1.06. The topological polar surface area (TPSA) is 194 Å². The van der Waals surface area contributed by atoms with E-state index in [1.54, 1.807) is 91.0 Å². The molecule has 16 heteroatoms. The van der Waals surface area contributed by atoms with Gasteiger partial charge in [0.25, 0.3) is 0 Å². The molecule has 7 rings (SSSR count). The fraction of sp³-hybridized carbons (Fsp3) is 0.271. The smallest absolute Gasteiger partial charge is 0.343 e. The van der Waals surface area contributed by atoms with Crippen LogP contribution in [0.1, 0.15) is 72.1 Å². The maximum Gasteiger partial charge on any atom is 0.343 e. The van der Waals surface area contributed by atoms with E-state index < -0.39 is 29.8 Å². The van der Waals surface area contributed by atoms with Gasteiger partial charge in [-0.1, -0.05) is 19.7 Å². The Kier molecular flexibility index (Phi) is 20.2. The number of aromatic nitrogens is 2. The van der Waals surface area contributed by atoms with Gasteiger partial charge in [-0.05, 0) is 159 Å². The second kappa shape index (κ2) is 28.0. The number of ether oxygens (including phenoxy) is 9. The van der Waals surface area contributed by atoms with E-state index in [0.717, 1.165) is 80.4 Å². The molecule has 0 atom stereocenters. The van der Waals surface area contributed by atoms with E-state index in [4.69, 9.17) is 52.6 Å². The van der Waals surface area contributed by atoms with Crippen LogP contribution in [0, 0.1) is 0 Å². The first-order valence-electron chi connectivity index (χ1n) is 24.7. The van der Waals surface area contributed by atoms with E-state index in [0.29, 0.717) is 93.4 Å². The highest BCUT2D eigenvalue weighted by atomic mass is 16.6. The molecule has 0 aliphatic heterocycles. The van der Waals surface area contributed by atoms with Gasteiger partial charge in [0, 0.05) is 35.1 Å². The lowest BCUT2D eigenvalue weighted by Gasteiger charge is -2.14. The highest BCUT2D eigenvalue weighted by Crippen LogP contribution is 2.38. The minimum absolute atomic E-state index is 0.0930. The minimum Gasteiger partial charge on any atom is -0.494 e. The van der Waals surface area contributed by atoms with E-state index >= 15 is 0 Å². The molecule has 16 nitrogen and oxygen atoms in total. The van der Waals surface area contributed by atoms with E-state index in [1.165, 1.54) is 0 Å². The number of esters is 5. The van der Waals surface area contributed by atoms with Crippen LogP contribution in [0.4, 0.5) is 0 Å². The number of carbonyl (C=O) groups excluding carboxylic acids is 5. The van der Waals surface area contributed by atoms with Crippen LogP contribution in [-0.4, -0.2) is 92.7 Å². The Morgan fingerprint density at radius 2 is 0.773 bits per heavy atom. The van der Waals surface area contributed by atoms with Crippen molar-refractivity contribution < 1.29 is 66.6 Å². The van der Waals surface area contributed by atoms with Gasteiger partial charge in [0.1, 0.15) is 42.0 Å². The van der Waals surface area contributed by atoms with Crippen molar-refractivity contribution in [2.75, 3.05) is 52.9 Å². The predicted octanol–water partition coefficient (Wildman–Crippen LogP) is 11.0. The van der Waals surface area contributed by atoms with Crippen molar-refractivity contribution in [2.24, 2.45) is 0 Å². The summed E-state index contributed by atoms with van der Waals surface area (Å²) in [5.41, 5.74) is 2.80. The van der Waals surface area contributed by atoms with E-state index in [1.807, 2.05) is 12.1 Å². The molecule has 388 valence electrons. The predicted molar refractivity (Wildman–Crippen MR) is 283 cm³/mol. The van der Waals surface area contributed by atoms with Crippen LogP contribution in [0.2, 0.25) is 0 Å². The average molecular weight is 1020 g/mol. The van der Waals surface area contributed by atoms with Gasteiger partial charge in [0.05, 0.1) is 72.8 Å². The maximum atomic E-state index is 13.5. The molecule has 1 aromatic heterocycles. The largest absolute Gasteiger partial charge is 0.494 e. The van der Waals surface area contributed by atoms with Crippen LogP contribution in [-0.2, 0) is 33.3 Å². The molecule has 0 bridgehead atoms. The molecule has 0 unspecified atom stereocenters. The normalized spacial score (nSPS) is 10.9. The average Bonchev–Trinajstić information content (AvgIpc) is 3.44. The third-order valence-electron chi connectivity index (χ3n) is 11.6. The van der Waals surface area contributed by atoms with Crippen LogP contribution < -0.4 is 23.7 Å². The van der Waals surface area contributed by atoms with Gasteiger partial charge in [-0.15, -0.1) is 0 Å². The summed E-state index contributed by atoms with van der Waals surface area (Å²) in [4.78, 5) is 70.9. The van der Waals surface area contributed by atoms with Crippen molar-refractivity contribution in [3.63, 3.8) is 0 Å². The Bertz CT molecular complexity index is 3150. The zero-order valence-electron chi connectivity index (χ0n) is 41.6. The van der Waals surface area contributed by atoms with Crippen LogP contribution in [0.15, 0.2) is 141 Å². The number of unbranched alkanes of at least 4 members (excludes halogenated alkanes) is 6. The number of fused-ring (bicyclic) bond motifs is 7. The summed E-state index contributed by atoms with van der Waals surface area (Å²) >= 11 is 0. The first-order chi connectivity index (χ1) is 36.6. The summed E-state index contributed by atoms with van der Waals surface area (Å²) in [6.45, 7) is 12.6. The van der Waals surface area contributed by atoms with E-state index in [-0.39, 0.29) is 32.2 Å². The molecule has 0 fully saturated rings.